The average molecular weight is 450 g/mol. The number of anilines is 1. The maximum Gasteiger partial charge on any atom is 0.260 e. The Morgan fingerprint density at radius 2 is 1.94 bits per heavy atom. The van der Waals surface area contributed by atoms with Gasteiger partial charge in [0.2, 0.25) is 0 Å². The Hall–Kier alpha value is -2.69. The summed E-state index contributed by atoms with van der Waals surface area (Å²) in [5, 5.41) is 0.483. The monoisotopic (exact) mass is 449 g/mol. The standard InChI is InChI=1S/C27H27ClFN2O/c1-18-10-11-25-22(14-18)23-17-31(2,16-19-6-5-7-20(29)15-19)13-12-26(23)30(25)27(32)21-8-3-4-9-24(21)28/h3-11,14-15,23,26H,12-13,16-17H2,1-2H3/q+1. The van der Waals surface area contributed by atoms with E-state index in [0.29, 0.717) is 10.6 Å². The van der Waals surface area contributed by atoms with Crippen molar-refractivity contribution in [1.82, 2.24) is 0 Å². The Labute approximate surface area is 193 Å². The summed E-state index contributed by atoms with van der Waals surface area (Å²) >= 11 is 6.39. The number of benzene rings is 3. The molecule has 2 aliphatic rings. The number of piperidine rings is 1. The van der Waals surface area contributed by atoms with E-state index in [0.717, 1.165) is 41.8 Å². The summed E-state index contributed by atoms with van der Waals surface area (Å²) in [6, 6.07) is 20.7. The number of likely N-dealkylation sites (tertiary alicyclic amines) is 1. The van der Waals surface area contributed by atoms with Crippen LogP contribution in [0.15, 0.2) is 66.7 Å². The van der Waals surface area contributed by atoms with Crippen molar-refractivity contribution < 1.29 is 13.7 Å². The van der Waals surface area contributed by atoms with E-state index in [1.807, 2.05) is 23.1 Å². The van der Waals surface area contributed by atoms with Gasteiger partial charge < -0.3 is 9.38 Å². The maximum absolute atomic E-state index is 13.8. The molecule has 3 atom stereocenters. The summed E-state index contributed by atoms with van der Waals surface area (Å²) in [5.74, 6) is 0.0143. The van der Waals surface area contributed by atoms with Crippen molar-refractivity contribution >= 4 is 23.2 Å². The number of carbonyl (C=O) groups excluding carboxylic acids is 1. The Morgan fingerprint density at radius 3 is 2.72 bits per heavy atom. The summed E-state index contributed by atoms with van der Waals surface area (Å²) in [7, 11) is 2.25. The predicted molar refractivity (Wildman–Crippen MR) is 127 cm³/mol. The summed E-state index contributed by atoms with van der Waals surface area (Å²) in [6.45, 7) is 4.71. The third kappa shape index (κ3) is 3.72. The molecule has 0 bridgehead atoms. The quantitative estimate of drug-likeness (QED) is 0.452. The van der Waals surface area contributed by atoms with Crippen LogP contribution < -0.4 is 4.90 Å². The van der Waals surface area contributed by atoms with Crippen molar-refractivity contribution in [2.24, 2.45) is 0 Å². The van der Waals surface area contributed by atoms with Crippen LogP contribution in [0, 0.1) is 12.7 Å². The Kier molecular flexibility index (Phi) is 5.31. The second kappa shape index (κ2) is 8.02. The fourth-order valence-electron chi connectivity index (χ4n) is 5.56. The van der Waals surface area contributed by atoms with Gasteiger partial charge in [-0.15, -0.1) is 0 Å². The third-order valence-electron chi connectivity index (χ3n) is 7.02. The van der Waals surface area contributed by atoms with Crippen molar-refractivity contribution in [3.05, 3.63) is 99.8 Å². The van der Waals surface area contributed by atoms with Gasteiger partial charge in [0.1, 0.15) is 12.4 Å². The number of aryl methyl sites for hydroxylation is 1. The normalized spacial score (nSPS) is 24.2. The predicted octanol–water partition coefficient (Wildman–Crippen LogP) is 5.95. The lowest BCUT2D eigenvalue weighted by molar-refractivity contribution is -0.928. The van der Waals surface area contributed by atoms with E-state index in [-0.39, 0.29) is 23.7 Å². The summed E-state index contributed by atoms with van der Waals surface area (Å²) in [4.78, 5) is 15.6. The molecule has 1 saturated heterocycles. The van der Waals surface area contributed by atoms with E-state index in [4.69, 9.17) is 11.6 Å². The topological polar surface area (TPSA) is 20.3 Å². The number of quaternary nitrogens is 1. The third-order valence-corrected chi connectivity index (χ3v) is 7.35. The second-order valence-electron chi connectivity index (χ2n) is 9.49. The molecule has 0 radical (unpaired) electrons. The molecule has 0 spiro atoms. The lowest BCUT2D eigenvalue weighted by Crippen LogP contribution is -2.56. The minimum absolute atomic E-state index is 0.0329. The zero-order valence-electron chi connectivity index (χ0n) is 18.4. The van der Waals surface area contributed by atoms with Crippen molar-refractivity contribution in [2.45, 2.75) is 31.8 Å². The number of nitrogens with zero attached hydrogens (tertiary/aromatic N) is 2. The fourth-order valence-corrected chi connectivity index (χ4v) is 5.78. The van der Waals surface area contributed by atoms with Crippen LogP contribution in [0.1, 0.15) is 39.4 Å². The van der Waals surface area contributed by atoms with Gasteiger partial charge in [0, 0.05) is 17.7 Å². The van der Waals surface area contributed by atoms with Crippen LogP contribution in [-0.4, -0.2) is 36.6 Å². The van der Waals surface area contributed by atoms with E-state index in [1.54, 1.807) is 24.3 Å². The van der Waals surface area contributed by atoms with E-state index in [2.05, 4.69) is 32.2 Å². The highest BCUT2D eigenvalue weighted by Crippen LogP contribution is 2.47. The minimum atomic E-state index is -0.192. The number of rotatable bonds is 3. The molecule has 2 heterocycles. The first-order chi connectivity index (χ1) is 15.3. The van der Waals surface area contributed by atoms with Crippen molar-refractivity contribution in [3.63, 3.8) is 0 Å². The van der Waals surface area contributed by atoms with Gasteiger partial charge in [-0.1, -0.05) is 53.6 Å². The molecule has 164 valence electrons. The van der Waals surface area contributed by atoms with Crippen molar-refractivity contribution in [1.29, 1.82) is 0 Å². The Balaban J connectivity index is 1.50. The van der Waals surface area contributed by atoms with Gasteiger partial charge in [0.25, 0.3) is 5.91 Å². The first-order valence-corrected chi connectivity index (χ1v) is 11.5. The molecule has 0 aliphatic carbocycles. The van der Waals surface area contributed by atoms with Gasteiger partial charge in [-0.25, -0.2) is 4.39 Å². The molecule has 0 saturated carbocycles. The largest absolute Gasteiger partial charge is 0.322 e. The SMILES string of the molecule is Cc1ccc2c(c1)C1C[N+](C)(Cc3cccc(F)c3)CCC1N2C(=O)c1ccccc1Cl. The first kappa shape index (κ1) is 21.2. The number of carbonyl (C=O) groups is 1. The molecule has 3 aromatic carbocycles. The summed E-state index contributed by atoms with van der Waals surface area (Å²) < 4.78 is 14.6. The Bertz CT molecular complexity index is 1200. The number of likely N-dealkylation sites (N-methyl/N-ethyl adjacent to an activating group) is 1. The van der Waals surface area contributed by atoms with E-state index >= 15 is 0 Å². The lowest BCUT2D eigenvalue weighted by Gasteiger charge is -2.44. The molecular formula is C27H27ClFN2O+. The van der Waals surface area contributed by atoms with Crippen LogP contribution in [0.3, 0.4) is 0 Å². The molecule has 1 fully saturated rings. The molecule has 3 aromatic rings. The van der Waals surface area contributed by atoms with Crippen LogP contribution in [0.25, 0.3) is 0 Å². The van der Waals surface area contributed by atoms with Gasteiger partial charge in [-0.05, 0) is 42.8 Å². The molecule has 5 heteroatoms. The molecule has 1 amide bonds. The molecule has 5 rings (SSSR count). The van der Waals surface area contributed by atoms with Crippen LogP contribution in [0.4, 0.5) is 10.1 Å². The van der Waals surface area contributed by atoms with Crippen molar-refractivity contribution in [2.75, 3.05) is 25.0 Å². The highest BCUT2D eigenvalue weighted by molar-refractivity contribution is 6.34. The average Bonchev–Trinajstić information content (AvgIpc) is 3.06. The van der Waals surface area contributed by atoms with Crippen LogP contribution in [0.5, 0.6) is 0 Å². The highest BCUT2D eigenvalue weighted by Gasteiger charge is 2.49. The lowest BCUT2D eigenvalue weighted by atomic mass is 9.87. The number of amides is 1. The van der Waals surface area contributed by atoms with Gasteiger partial charge >= 0.3 is 0 Å². The molecular weight excluding hydrogens is 423 g/mol. The van der Waals surface area contributed by atoms with Crippen LogP contribution >= 0.6 is 11.6 Å². The second-order valence-corrected chi connectivity index (χ2v) is 9.90. The Morgan fingerprint density at radius 1 is 1.12 bits per heavy atom. The summed E-state index contributed by atoms with van der Waals surface area (Å²) in [6.07, 6.45) is 0.889. The minimum Gasteiger partial charge on any atom is -0.322 e. The smallest absolute Gasteiger partial charge is 0.260 e. The zero-order chi connectivity index (χ0) is 22.5. The van der Waals surface area contributed by atoms with E-state index < -0.39 is 0 Å². The molecule has 0 aromatic heterocycles. The number of fused-ring (bicyclic) bond motifs is 3. The molecule has 32 heavy (non-hydrogen) atoms. The molecule has 0 N–H and O–H groups in total. The zero-order valence-corrected chi connectivity index (χ0v) is 19.1. The molecule has 3 nitrogen and oxygen atoms in total. The van der Waals surface area contributed by atoms with Crippen LogP contribution in [0.2, 0.25) is 5.02 Å². The highest BCUT2D eigenvalue weighted by atomic mass is 35.5. The fraction of sp³-hybridized carbons (Fsp3) is 0.296. The number of hydrogen-bond acceptors (Lipinski definition) is 1. The van der Waals surface area contributed by atoms with Gasteiger partial charge in [0.05, 0.1) is 42.7 Å². The van der Waals surface area contributed by atoms with Crippen LogP contribution in [-0.2, 0) is 6.54 Å². The molecule has 3 unspecified atom stereocenters. The van der Waals surface area contributed by atoms with E-state index in [9.17, 15) is 9.18 Å². The molecule has 2 aliphatic heterocycles. The van der Waals surface area contributed by atoms with Gasteiger partial charge in [-0.3, -0.25) is 4.79 Å². The maximum atomic E-state index is 13.8. The van der Waals surface area contributed by atoms with Gasteiger partial charge in [-0.2, -0.15) is 0 Å². The first-order valence-electron chi connectivity index (χ1n) is 11.1. The number of hydrogen-bond donors (Lipinski definition) is 0. The van der Waals surface area contributed by atoms with E-state index in [1.165, 1.54) is 17.2 Å². The number of halogens is 2. The summed E-state index contributed by atoms with van der Waals surface area (Å²) in [5.41, 5.74) is 4.98. The van der Waals surface area contributed by atoms with Crippen molar-refractivity contribution in [3.8, 4) is 0 Å². The van der Waals surface area contributed by atoms with Gasteiger partial charge in [0.15, 0.2) is 0 Å².